The molecule has 9 heteroatoms. The van der Waals surface area contributed by atoms with E-state index in [0.717, 1.165) is 0 Å². The van der Waals surface area contributed by atoms with Crippen molar-refractivity contribution in [3.05, 3.63) is 6.33 Å². The molecule has 1 aromatic rings. The number of carbonyl (C=O) groups is 2. The first kappa shape index (κ1) is 16.0. The van der Waals surface area contributed by atoms with Gasteiger partial charge in [-0.05, 0) is 31.2 Å². The van der Waals surface area contributed by atoms with Gasteiger partial charge in [0.2, 0.25) is 5.91 Å². The van der Waals surface area contributed by atoms with E-state index in [4.69, 9.17) is 9.84 Å². The van der Waals surface area contributed by atoms with Gasteiger partial charge in [-0.3, -0.25) is 4.79 Å². The van der Waals surface area contributed by atoms with Gasteiger partial charge in [0.15, 0.2) is 0 Å². The molecular weight excluding hydrogens is 266 g/mol. The summed E-state index contributed by atoms with van der Waals surface area (Å²) < 4.78 is 6.65. The van der Waals surface area contributed by atoms with Gasteiger partial charge in [0.05, 0.1) is 5.60 Å². The zero-order valence-electron chi connectivity index (χ0n) is 11.7. The van der Waals surface area contributed by atoms with Crippen molar-refractivity contribution >= 4 is 11.9 Å². The van der Waals surface area contributed by atoms with Gasteiger partial charge in [0.1, 0.15) is 18.9 Å². The molecule has 112 valence electrons. The van der Waals surface area contributed by atoms with E-state index < -0.39 is 17.9 Å². The Labute approximate surface area is 116 Å². The first-order valence-corrected chi connectivity index (χ1v) is 6.15. The van der Waals surface area contributed by atoms with Crippen molar-refractivity contribution in [2.75, 3.05) is 6.61 Å². The van der Waals surface area contributed by atoms with E-state index in [0.29, 0.717) is 0 Å². The van der Waals surface area contributed by atoms with E-state index >= 15 is 0 Å². The molecule has 0 saturated carbocycles. The average Bonchev–Trinajstić information content (AvgIpc) is 2.78. The zero-order valence-corrected chi connectivity index (χ0v) is 11.7. The van der Waals surface area contributed by atoms with E-state index in [9.17, 15) is 9.59 Å². The number of hydrogen-bond donors (Lipinski definition) is 2. The van der Waals surface area contributed by atoms with E-state index in [1.54, 1.807) is 0 Å². The van der Waals surface area contributed by atoms with E-state index in [-0.39, 0.29) is 25.2 Å². The normalized spacial score (nSPS) is 12.9. The highest BCUT2D eigenvalue weighted by molar-refractivity contribution is 5.83. The van der Waals surface area contributed by atoms with E-state index in [1.165, 1.54) is 11.0 Å². The third kappa shape index (κ3) is 6.23. The molecule has 20 heavy (non-hydrogen) atoms. The summed E-state index contributed by atoms with van der Waals surface area (Å²) in [6.07, 6.45) is 1.46. The van der Waals surface area contributed by atoms with Crippen molar-refractivity contribution in [3.63, 3.8) is 0 Å². The Bertz CT molecular complexity index is 440. The van der Waals surface area contributed by atoms with Gasteiger partial charge in [-0.25, -0.2) is 9.48 Å². The highest BCUT2D eigenvalue weighted by Crippen LogP contribution is 2.08. The molecule has 9 nitrogen and oxygen atoms in total. The summed E-state index contributed by atoms with van der Waals surface area (Å²) in [5, 5.41) is 21.8. The van der Waals surface area contributed by atoms with Crippen LogP contribution in [-0.2, 0) is 20.9 Å². The summed E-state index contributed by atoms with van der Waals surface area (Å²) in [6.45, 7) is 5.74. The number of tetrazole rings is 1. The summed E-state index contributed by atoms with van der Waals surface area (Å²) in [4.78, 5) is 22.7. The molecule has 1 unspecified atom stereocenters. The minimum absolute atomic E-state index is 0.128. The summed E-state index contributed by atoms with van der Waals surface area (Å²) in [5.74, 6) is -1.58. The highest BCUT2D eigenvalue weighted by atomic mass is 16.5. The highest BCUT2D eigenvalue weighted by Gasteiger charge is 2.21. The molecule has 0 aliphatic heterocycles. The number of ether oxygens (including phenoxy) is 1. The molecule has 0 radical (unpaired) electrons. The van der Waals surface area contributed by atoms with Gasteiger partial charge in [0.25, 0.3) is 0 Å². The summed E-state index contributed by atoms with van der Waals surface area (Å²) in [5.41, 5.74) is -0.348. The summed E-state index contributed by atoms with van der Waals surface area (Å²) >= 11 is 0. The molecule has 0 aliphatic rings. The molecule has 0 spiro atoms. The number of carboxylic acids is 1. The predicted octanol–water partition coefficient (Wildman–Crippen LogP) is -0.552. The van der Waals surface area contributed by atoms with Crippen LogP contribution in [-0.4, -0.2) is 55.4 Å². The maximum absolute atomic E-state index is 11.7. The predicted molar refractivity (Wildman–Crippen MR) is 67.7 cm³/mol. The van der Waals surface area contributed by atoms with Crippen LogP contribution in [0.2, 0.25) is 0 Å². The van der Waals surface area contributed by atoms with E-state index in [1.807, 2.05) is 20.8 Å². The lowest BCUT2D eigenvalue weighted by molar-refractivity contribution is -0.143. The minimum atomic E-state index is -1.10. The molecule has 1 rings (SSSR count). The molecule has 1 aromatic heterocycles. The number of carboxylic acid groups (broad SMARTS) is 1. The standard InChI is InChI=1S/C11H19N5O4/c1-11(2,3)20-5-4-8(10(18)19)13-9(17)6-16-7-12-14-15-16/h7-8H,4-6H2,1-3H3,(H,13,17)(H,18,19). The van der Waals surface area contributed by atoms with Gasteiger partial charge in [0, 0.05) is 13.0 Å². The van der Waals surface area contributed by atoms with Crippen molar-refractivity contribution in [2.24, 2.45) is 0 Å². The first-order valence-electron chi connectivity index (χ1n) is 6.15. The fourth-order valence-electron chi connectivity index (χ4n) is 1.38. The lowest BCUT2D eigenvalue weighted by Gasteiger charge is -2.21. The van der Waals surface area contributed by atoms with Crippen molar-refractivity contribution in [1.29, 1.82) is 0 Å². The van der Waals surface area contributed by atoms with Gasteiger partial charge < -0.3 is 15.2 Å². The third-order valence-electron chi connectivity index (χ3n) is 2.27. The Morgan fingerprint density at radius 3 is 2.65 bits per heavy atom. The Hall–Kier alpha value is -2.03. The van der Waals surface area contributed by atoms with Crippen molar-refractivity contribution < 1.29 is 19.4 Å². The number of hydrogen-bond acceptors (Lipinski definition) is 6. The molecular formula is C11H19N5O4. The quantitative estimate of drug-likeness (QED) is 0.689. The van der Waals surface area contributed by atoms with Gasteiger partial charge >= 0.3 is 5.97 Å². The monoisotopic (exact) mass is 285 g/mol. The van der Waals surface area contributed by atoms with Crippen LogP contribution in [0.4, 0.5) is 0 Å². The number of aromatic nitrogens is 4. The van der Waals surface area contributed by atoms with Crippen molar-refractivity contribution in [3.8, 4) is 0 Å². The van der Waals surface area contributed by atoms with Crippen LogP contribution >= 0.6 is 0 Å². The number of nitrogens with one attached hydrogen (secondary N) is 1. The van der Waals surface area contributed by atoms with Crippen LogP contribution in [0.15, 0.2) is 6.33 Å². The largest absolute Gasteiger partial charge is 0.480 e. The molecule has 0 bridgehead atoms. The smallest absolute Gasteiger partial charge is 0.326 e. The van der Waals surface area contributed by atoms with E-state index in [2.05, 4.69) is 20.8 Å². The summed E-state index contributed by atoms with van der Waals surface area (Å²) in [7, 11) is 0. The fourth-order valence-corrected chi connectivity index (χ4v) is 1.38. The van der Waals surface area contributed by atoms with Crippen LogP contribution in [0.1, 0.15) is 27.2 Å². The van der Waals surface area contributed by atoms with Crippen LogP contribution in [0, 0.1) is 0 Å². The van der Waals surface area contributed by atoms with Crippen molar-refractivity contribution in [2.45, 2.75) is 45.4 Å². The Morgan fingerprint density at radius 2 is 2.15 bits per heavy atom. The fraction of sp³-hybridized carbons (Fsp3) is 0.727. The van der Waals surface area contributed by atoms with Crippen LogP contribution in [0.3, 0.4) is 0 Å². The summed E-state index contributed by atoms with van der Waals surface area (Å²) in [6, 6.07) is -0.999. The molecule has 1 atom stereocenters. The second-order valence-electron chi connectivity index (χ2n) is 5.22. The second kappa shape index (κ2) is 6.94. The molecule has 0 fully saturated rings. The number of nitrogens with zero attached hydrogens (tertiary/aromatic N) is 4. The van der Waals surface area contributed by atoms with Crippen LogP contribution in [0.5, 0.6) is 0 Å². The Kier molecular flexibility index (Phi) is 5.56. The Morgan fingerprint density at radius 1 is 1.45 bits per heavy atom. The van der Waals surface area contributed by atoms with Gasteiger partial charge in [-0.15, -0.1) is 5.10 Å². The maximum Gasteiger partial charge on any atom is 0.326 e. The topological polar surface area (TPSA) is 119 Å². The van der Waals surface area contributed by atoms with Crippen LogP contribution in [0.25, 0.3) is 0 Å². The first-order chi connectivity index (χ1) is 9.28. The number of aliphatic carboxylic acids is 1. The van der Waals surface area contributed by atoms with Gasteiger partial charge in [-0.2, -0.15) is 0 Å². The van der Waals surface area contributed by atoms with Crippen LogP contribution < -0.4 is 5.32 Å². The zero-order chi connectivity index (χ0) is 15.2. The number of amides is 1. The van der Waals surface area contributed by atoms with Gasteiger partial charge in [-0.1, -0.05) is 0 Å². The molecule has 0 aliphatic carbocycles. The SMILES string of the molecule is CC(C)(C)OCCC(NC(=O)Cn1cnnn1)C(=O)O. The minimum Gasteiger partial charge on any atom is -0.480 e. The third-order valence-corrected chi connectivity index (χ3v) is 2.27. The maximum atomic E-state index is 11.7. The molecule has 0 aromatic carbocycles. The lowest BCUT2D eigenvalue weighted by Crippen LogP contribution is -2.43. The number of carbonyl (C=O) groups excluding carboxylic acids is 1. The molecule has 1 amide bonds. The average molecular weight is 285 g/mol. The van der Waals surface area contributed by atoms with Crippen molar-refractivity contribution in [1.82, 2.24) is 25.5 Å². The second-order valence-corrected chi connectivity index (χ2v) is 5.22. The molecule has 0 saturated heterocycles. The Balaban J connectivity index is 2.42. The number of rotatable bonds is 7. The molecule has 2 N–H and O–H groups in total. The molecule has 1 heterocycles. The lowest BCUT2D eigenvalue weighted by atomic mass is 10.2.